The fraction of sp³-hybridized carbons (Fsp3) is 1.00. The van der Waals surface area contributed by atoms with Gasteiger partial charge in [0, 0.05) is 6.04 Å². The smallest absolute Gasteiger partial charge is 0.208 e. The van der Waals surface area contributed by atoms with Gasteiger partial charge < -0.3 is 4.18 Å². The standard InChI is InChI=1S/C7H15NO3S2/c1-13(9,10)8-6-3-2-4-7(5-6)11-12/h6-8,12H,2-5H2,1H3/t6-,7-/m0/s1. The average Bonchev–Trinajstić information content (AvgIpc) is 2.01. The summed E-state index contributed by atoms with van der Waals surface area (Å²) in [6.07, 6.45) is 4.82. The van der Waals surface area contributed by atoms with Gasteiger partial charge in [-0.15, -0.1) is 0 Å². The van der Waals surface area contributed by atoms with E-state index in [1.807, 2.05) is 0 Å². The van der Waals surface area contributed by atoms with Gasteiger partial charge in [0.1, 0.15) is 0 Å². The van der Waals surface area contributed by atoms with E-state index in [0.29, 0.717) is 0 Å². The Morgan fingerprint density at radius 1 is 1.46 bits per heavy atom. The van der Waals surface area contributed by atoms with E-state index < -0.39 is 10.0 Å². The van der Waals surface area contributed by atoms with E-state index in [1.165, 1.54) is 6.26 Å². The van der Waals surface area contributed by atoms with Gasteiger partial charge in [0.2, 0.25) is 10.0 Å². The van der Waals surface area contributed by atoms with Crippen LogP contribution in [0.1, 0.15) is 25.7 Å². The SMILES string of the molecule is CS(=O)(=O)N[C@H]1CCC[C@H](OS)C1. The molecular weight excluding hydrogens is 210 g/mol. The minimum atomic E-state index is -3.09. The highest BCUT2D eigenvalue weighted by atomic mass is 32.2. The van der Waals surface area contributed by atoms with Crippen molar-refractivity contribution in [1.29, 1.82) is 0 Å². The molecule has 1 aliphatic carbocycles. The average molecular weight is 225 g/mol. The van der Waals surface area contributed by atoms with Crippen molar-refractivity contribution in [2.75, 3.05) is 6.26 Å². The van der Waals surface area contributed by atoms with Crippen LogP contribution in [0.2, 0.25) is 0 Å². The number of rotatable bonds is 3. The van der Waals surface area contributed by atoms with Crippen molar-refractivity contribution in [1.82, 2.24) is 4.72 Å². The molecule has 0 radical (unpaired) electrons. The maximum absolute atomic E-state index is 10.9. The number of thiol groups is 1. The van der Waals surface area contributed by atoms with E-state index in [1.54, 1.807) is 0 Å². The number of hydrogen-bond donors (Lipinski definition) is 2. The third-order valence-corrected chi connectivity index (χ3v) is 3.22. The molecular formula is C7H15NO3S2. The Balaban J connectivity index is 2.43. The van der Waals surface area contributed by atoms with Gasteiger partial charge in [-0.1, -0.05) is 0 Å². The van der Waals surface area contributed by atoms with Crippen LogP contribution in [0, 0.1) is 0 Å². The van der Waals surface area contributed by atoms with E-state index in [2.05, 4.69) is 17.6 Å². The highest BCUT2D eigenvalue weighted by Gasteiger charge is 2.23. The van der Waals surface area contributed by atoms with Crippen LogP contribution in [0.15, 0.2) is 0 Å². The van der Waals surface area contributed by atoms with Crippen molar-refractivity contribution >= 4 is 22.9 Å². The lowest BCUT2D eigenvalue weighted by molar-refractivity contribution is 0.171. The lowest BCUT2D eigenvalue weighted by Gasteiger charge is -2.27. The molecule has 1 fully saturated rings. The second-order valence-electron chi connectivity index (χ2n) is 3.48. The summed E-state index contributed by atoms with van der Waals surface area (Å²) in [7, 11) is -3.09. The zero-order valence-electron chi connectivity index (χ0n) is 7.56. The fourth-order valence-electron chi connectivity index (χ4n) is 1.65. The molecule has 0 aromatic carbocycles. The molecule has 1 rings (SSSR count). The minimum absolute atomic E-state index is 0.0147. The molecule has 0 aromatic rings. The normalized spacial score (nSPS) is 30.3. The number of hydrogen-bond acceptors (Lipinski definition) is 4. The van der Waals surface area contributed by atoms with Crippen molar-refractivity contribution in [3.05, 3.63) is 0 Å². The van der Waals surface area contributed by atoms with Crippen molar-refractivity contribution in [3.63, 3.8) is 0 Å². The summed E-state index contributed by atoms with van der Waals surface area (Å²) in [4.78, 5) is 0. The molecule has 0 aromatic heterocycles. The summed E-state index contributed by atoms with van der Waals surface area (Å²) in [5.74, 6) is 0. The highest BCUT2D eigenvalue weighted by Crippen LogP contribution is 2.22. The molecule has 0 unspecified atom stereocenters. The van der Waals surface area contributed by atoms with Crippen LogP contribution in [-0.2, 0) is 14.2 Å². The van der Waals surface area contributed by atoms with Crippen LogP contribution >= 0.6 is 12.9 Å². The van der Waals surface area contributed by atoms with E-state index in [9.17, 15) is 8.42 Å². The molecule has 4 nitrogen and oxygen atoms in total. The van der Waals surface area contributed by atoms with Gasteiger partial charge in [0.05, 0.1) is 12.4 Å². The van der Waals surface area contributed by atoms with Crippen molar-refractivity contribution in [2.45, 2.75) is 37.8 Å². The van der Waals surface area contributed by atoms with E-state index >= 15 is 0 Å². The van der Waals surface area contributed by atoms with Gasteiger partial charge in [-0.25, -0.2) is 13.1 Å². The van der Waals surface area contributed by atoms with E-state index in [4.69, 9.17) is 4.18 Å². The molecule has 0 bridgehead atoms. The van der Waals surface area contributed by atoms with Crippen LogP contribution in [0.5, 0.6) is 0 Å². The maximum Gasteiger partial charge on any atom is 0.208 e. The topological polar surface area (TPSA) is 55.4 Å². The molecule has 6 heteroatoms. The lowest BCUT2D eigenvalue weighted by atomic mass is 9.94. The van der Waals surface area contributed by atoms with Crippen LogP contribution in [0.3, 0.4) is 0 Å². The van der Waals surface area contributed by atoms with Crippen molar-refractivity contribution in [3.8, 4) is 0 Å². The summed E-state index contributed by atoms with van der Waals surface area (Å²) >= 11 is 3.74. The maximum atomic E-state index is 10.9. The molecule has 0 amide bonds. The third-order valence-electron chi connectivity index (χ3n) is 2.16. The van der Waals surface area contributed by atoms with Gasteiger partial charge in [0.25, 0.3) is 0 Å². The van der Waals surface area contributed by atoms with Gasteiger partial charge in [-0.05, 0) is 38.6 Å². The molecule has 0 heterocycles. The summed E-state index contributed by atoms with van der Waals surface area (Å²) in [5.41, 5.74) is 0. The second-order valence-corrected chi connectivity index (χ2v) is 5.47. The van der Waals surface area contributed by atoms with Crippen LogP contribution < -0.4 is 4.72 Å². The van der Waals surface area contributed by atoms with Gasteiger partial charge in [0.15, 0.2) is 0 Å². The molecule has 0 aliphatic heterocycles. The first-order chi connectivity index (χ1) is 6.01. The van der Waals surface area contributed by atoms with Crippen molar-refractivity contribution in [2.24, 2.45) is 0 Å². The fourth-order valence-corrected chi connectivity index (χ4v) is 2.66. The highest BCUT2D eigenvalue weighted by molar-refractivity contribution is 7.88. The van der Waals surface area contributed by atoms with Gasteiger partial charge in [-0.2, -0.15) is 0 Å². The zero-order valence-corrected chi connectivity index (χ0v) is 9.27. The molecule has 1 saturated carbocycles. The molecule has 0 spiro atoms. The Morgan fingerprint density at radius 2 is 2.15 bits per heavy atom. The number of sulfonamides is 1. The van der Waals surface area contributed by atoms with E-state index in [0.717, 1.165) is 25.7 Å². The minimum Gasteiger partial charge on any atom is -0.315 e. The molecule has 2 atom stereocenters. The monoisotopic (exact) mass is 225 g/mol. The summed E-state index contributed by atoms with van der Waals surface area (Å²) in [6, 6.07) is 0.0147. The van der Waals surface area contributed by atoms with E-state index in [-0.39, 0.29) is 12.1 Å². The third kappa shape index (κ3) is 4.30. The largest absolute Gasteiger partial charge is 0.315 e. The predicted octanol–water partition coefficient (Wildman–Crippen LogP) is 0.708. The first-order valence-corrected chi connectivity index (χ1v) is 6.54. The first kappa shape index (κ1) is 11.3. The molecule has 13 heavy (non-hydrogen) atoms. The summed E-state index contributed by atoms with van der Waals surface area (Å²) < 4.78 is 29.3. The van der Waals surface area contributed by atoms with Crippen LogP contribution in [-0.4, -0.2) is 26.8 Å². The Kier molecular flexibility index (Phi) is 4.03. The van der Waals surface area contributed by atoms with Crippen LogP contribution in [0.25, 0.3) is 0 Å². The lowest BCUT2D eigenvalue weighted by Crippen LogP contribution is -2.39. The van der Waals surface area contributed by atoms with Gasteiger partial charge >= 0.3 is 0 Å². The molecule has 78 valence electrons. The first-order valence-electron chi connectivity index (χ1n) is 4.29. The van der Waals surface area contributed by atoms with Gasteiger partial charge in [-0.3, -0.25) is 0 Å². The molecule has 0 saturated heterocycles. The van der Waals surface area contributed by atoms with Crippen molar-refractivity contribution < 1.29 is 12.6 Å². The Labute approximate surface area is 84.7 Å². The Bertz CT molecular complexity index is 252. The van der Waals surface area contributed by atoms with Crippen LogP contribution in [0.4, 0.5) is 0 Å². The number of nitrogens with one attached hydrogen (secondary N) is 1. The summed E-state index contributed by atoms with van der Waals surface area (Å²) in [6.45, 7) is 0. The predicted molar refractivity (Wildman–Crippen MR) is 54.1 cm³/mol. The molecule has 1 N–H and O–H groups in total. The Morgan fingerprint density at radius 3 is 2.69 bits per heavy atom. The molecule has 1 aliphatic rings. The Hall–Kier alpha value is 0.220. The zero-order chi connectivity index (χ0) is 9.90. The summed E-state index contributed by atoms with van der Waals surface area (Å²) in [5, 5.41) is 0. The second kappa shape index (κ2) is 4.63. The quantitative estimate of drug-likeness (QED) is 0.549.